The minimum Gasteiger partial charge on any atom is -0.481 e. The number of nitrogens with two attached hydrogens (primary N) is 2. The maximum Gasteiger partial charge on any atom is 0.318 e. The molecule has 1 rings (SSSR count). The predicted molar refractivity (Wildman–Crippen MR) is 71.6 cm³/mol. The highest BCUT2D eigenvalue weighted by atomic mass is 16.5. The van der Waals surface area contributed by atoms with Gasteiger partial charge in [-0.2, -0.15) is 0 Å². The number of carbonyl (C=O) groups is 2. The fraction of sp³-hybridized carbons (Fsp3) is 0.385. The molecule has 0 aliphatic carbocycles. The van der Waals surface area contributed by atoms with E-state index in [-0.39, 0.29) is 6.04 Å². The fourth-order valence-corrected chi connectivity index (χ4v) is 1.56. The summed E-state index contributed by atoms with van der Waals surface area (Å²) in [4.78, 5) is 22.0. The van der Waals surface area contributed by atoms with E-state index >= 15 is 0 Å². The quantitative estimate of drug-likeness (QED) is 0.722. The molecule has 0 radical (unpaired) electrons. The van der Waals surface area contributed by atoms with Crippen LogP contribution in [-0.4, -0.2) is 24.1 Å². The van der Waals surface area contributed by atoms with Crippen LogP contribution >= 0.6 is 0 Å². The molecule has 0 bridgehead atoms. The second-order valence-electron chi connectivity index (χ2n) is 4.44. The normalized spacial score (nSPS) is 13.4. The minimum absolute atomic E-state index is 0.0898. The van der Waals surface area contributed by atoms with E-state index in [4.69, 9.17) is 16.2 Å². The summed E-state index contributed by atoms with van der Waals surface area (Å²) < 4.78 is 5.39. The van der Waals surface area contributed by atoms with Crippen LogP contribution in [-0.2, 0) is 11.2 Å². The number of imide groups is 1. The molecule has 19 heavy (non-hydrogen) atoms. The third-order valence-electron chi connectivity index (χ3n) is 2.41. The predicted octanol–water partition coefficient (Wildman–Crippen LogP) is 0.539. The number of rotatable bonds is 5. The summed E-state index contributed by atoms with van der Waals surface area (Å²) in [6.45, 7) is 3.47. The molecular weight excluding hydrogens is 246 g/mol. The molecule has 2 atom stereocenters. The number of primary amides is 1. The lowest BCUT2D eigenvalue weighted by Crippen LogP contribution is -2.42. The van der Waals surface area contributed by atoms with Crippen LogP contribution in [0.15, 0.2) is 24.3 Å². The van der Waals surface area contributed by atoms with Gasteiger partial charge in [0.1, 0.15) is 5.75 Å². The molecule has 104 valence electrons. The highest BCUT2D eigenvalue weighted by Gasteiger charge is 2.15. The second-order valence-corrected chi connectivity index (χ2v) is 4.44. The number of hydrogen-bond donors (Lipinski definition) is 3. The molecule has 0 spiro atoms. The lowest BCUT2D eigenvalue weighted by molar-refractivity contribution is -0.126. The Labute approximate surface area is 112 Å². The first-order valence-corrected chi connectivity index (χ1v) is 6.00. The Morgan fingerprint density at radius 1 is 1.26 bits per heavy atom. The minimum atomic E-state index is -0.896. The highest BCUT2D eigenvalue weighted by Crippen LogP contribution is 2.14. The first kappa shape index (κ1) is 15.0. The van der Waals surface area contributed by atoms with Crippen molar-refractivity contribution in [2.45, 2.75) is 32.4 Å². The SMILES string of the molecule is CC(N)Cc1ccc(OC(C)C(=O)NC(N)=O)cc1. The summed E-state index contributed by atoms with van der Waals surface area (Å²) >= 11 is 0. The van der Waals surface area contributed by atoms with Gasteiger partial charge < -0.3 is 16.2 Å². The van der Waals surface area contributed by atoms with Crippen molar-refractivity contribution in [2.75, 3.05) is 0 Å². The topological polar surface area (TPSA) is 107 Å². The summed E-state index contributed by atoms with van der Waals surface area (Å²) in [6.07, 6.45) is -0.0235. The van der Waals surface area contributed by atoms with Crippen LogP contribution in [0, 0.1) is 0 Å². The molecule has 0 aliphatic rings. The van der Waals surface area contributed by atoms with Crippen LogP contribution in [0.4, 0.5) is 4.79 Å². The number of carbonyl (C=O) groups excluding carboxylic acids is 2. The summed E-state index contributed by atoms with van der Waals surface area (Å²) in [5.74, 6) is -0.0345. The van der Waals surface area contributed by atoms with Crippen LogP contribution in [0.5, 0.6) is 5.75 Å². The van der Waals surface area contributed by atoms with Crippen LogP contribution < -0.4 is 21.5 Å². The molecule has 0 saturated carbocycles. The third-order valence-corrected chi connectivity index (χ3v) is 2.41. The average molecular weight is 265 g/mol. The van der Waals surface area contributed by atoms with E-state index in [1.807, 2.05) is 24.4 Å². The van der Waals surface area contributed by atoms with Gasteiger partial charge in [0.05, 0.1) is 0 Å². The maximum atomic E-state index is 11.4. The van der Waals surface area contributed by atoms with Crippen molar-refractivity contribution >= 4 is 11.9 Å². The largest absolute Gasteiger partial charge is 0.481 e. The summed E-state index contributed by atoms with van der Waals surface area (Å²) in [6, 6.07) is 6.48. The van der Waals surface area contributed by atoms with Crippen molar-refractivity contribution in [1.29, 1.82) is 0 Å². The second kappa shape index (κ2) is 6.75. The lowest BCUT2D eigenvalue weighted by Gasteiger charge is -2.14. The van der Waals surface area contributed by atoms with Crippen molar-refractivity contribution < 1.29 is 14.3 Å². The van der Waals surface area contributed by atoms with Gasteiger partial charge in [-0.1, -0.05) is 12.1 Å². The first-order valence-electron chi connectivity index (χ1n) is 6.00. The van der Waals surface area contributed by atoms with E-state index in [1.54, 1.807) is 12.1 Å². The van der Waals surface area contributed by atoms with Crippen molar-refractivity contribution in [3.05, 3.63) is 29.8 Å². The Morgan fingerprint density at radius 3 is 2.32 bits per heavy atom. The molecule has 2 unspecified atom stereocenters. The Morgan fingerprint density at radius 2 is 1.84 bits per heavy atom. The molecule has 1 aromatic rings. The van der Waals surface area contributed by atoms with E-state index in [0.29, 0.717) is 5.75 Å². The molecule has 6 heteroatoms. The number of nitrogens with one attached hydrogen (secondary N) is 1. The Kier molecular flexibility index (Phi) is 5.32. The Hall–Kier alpha value is -2.08. The number of ether oxygens (including phenoxy) is 1. The Bertz CT molecular complexity index is 443. The van der Waals surface area contributed by atoms with E-state index in [9.17, 15) is 9.59 Å². The van der Waals surface area contributed by atoms with Crippen molar-refractivity contribution in [3.63, 3.8) is 0 Å². The molecule has 0 aliphatic heterocycles. The number of hydrogen-bond acceptors (Lipinski definition) is 4. The van der Waals surface area contributed by atoms with Gasteiger partial charge in [0.2, 0.25) is 0 Å². The van der Waals surface area contributed by atoms with Crippen LogP contribution in [0.25, 0.3) is 0 Å². The average Bonchev–Trinajstić information content (AvgIpc) is 2.30. The van der Waals surface area contributed by atoms with Gasteiger partial charge in [-0.05, 0) is 38.0 Å². The number of amides is 3. The van der Waals surface area contributed by atoms with Gasteiger partial charge in [0, 0.05) is 6.04 Å². The van der Waals surface area contributed by atoms with Gasteiger partial charge in [-0.3, -0.25) is 10.1 Å². The van der Waals surface area contributed by atoms with Gasteiger partial charge in [0.15, 0.2) is 6.10 Å². The molecule has 0 saturated heterocycles. The van der Waals surface area contributed by atoms with Crippen LogP contribution in [0.1, 0.15) is 19.4 Å². The van der Waals surface area contributed by atoms with E-state index in [1.165, 1.54) is 6.92 Å². The van der Waals surface area contributed by atoms with E-state index in [0.717, 1.165) is 12.0 Å². The smallest absolute Gasteiger partial charge is 0.318 e. The molecular formula is C13H19N3O3. The molecule has 0 aromatic heterocycles. The highest BCUT2D eigenvalue weighted by molar-refractivity contribution is 5.95. The van der Waals surface area contributed by atoms with Crippen molar-refractivity contribution in [3.8, 4) is 5.75 Å². The zero-order valence-electron chi connectivity index (χ0n) is 11.1. The van der Waals surface area contributed by atoms with Crippen LogP contribution in [0.3, 0.4) is 0 Å². The molecule has 0 heterocycles. The molecule has 6 nitrogen and oxygen atoms in total. The zero-order chi connectivity index (χ0) is 14.4. The molecule has 0 fully saturated rings. The standard InChI is InChI=1S/C13H19N3O3/c1-8(14)7-10-3-5-11(6-4-10)19-9(2)12(17)16-13(15)18/h3-6,8-9H,7,14H2,1-2H3,(H3,15,16,17,18). The summed E-state index contributed by atoms with van der Waals surface area (Å²) in [5.41, 5.74) is 11.6. The summed E-state index contributed by atoms with van der Waals surface area (Å²) in [5, 5.41) is 1.96. The van der Waals surface area contributed by atoms with E-state index < -0.39 is 18.0 Å². The molecule has 3 amide bonds. The van der Waals surface area contributed by atoms with Crippen LogP contribution in [0.2, 0.25) is 0 Å². The lowest BCUT2D eigenvalue weighted by atomic mass is 10.1. The first-order chi connectivity index (χ1) is 8.88. The third kappa shape index (κ3) is 5.39. The fourth-order valence-electron chi connectivity index (χ4n) is 1.56. The monoisotopic (exact) mass is 265 g/mol. The van der Waals surface area contributed by atoms with Gasteiger partial charge in [-0.15, -0.1) is 0 Å². The van der Waals surface area contributed by atoms with Gasteiger partial charge >= 0.3 is 6.03 Å². The zero-order valence-corrected chi connectivity index (χ0v) is 11.1. The number of benzene rings is 1. The maximum absolute atomic E-state index is 11.4. The van der Waals surface area contributed by atoms with E-state index in [2.05, 4.69) is 0 Å². The van der Waals surface area contributed by atoms with Gasteiger partial charge in [0.25, 0.3) is 5.91 Å². The summed E-state index contributed by atoms with van der Waals surface area (Å²) in [7, 11) is 0. The van der Waals surface area contributed by atoms with Crippen molar-refractivity contribution in [1.82, 2.24) is 5.32 Å². The van der Waals surface area contributed by atoms with Gasteiger partial charge in [-0.25, -0.2) is 4.79 Å². The Balaban J connectivity index is 2.57. The van der Waals surface area contributed by atoms with Crippen molar-refractivity contribution in [2.24, 2.45) is 11.5 Å². The number of urea groups is 1. The molecule has 1 aromatic carbocycles. The molecule has 5 N–H and O–H groups in total.